The highest BCUT2D eigenvalue weighted by Crippen LogP contribution is 2.23. The molecule has 1 aromatic heterocycles. The van der Waals surface area contributed by atoms with E-state index < -0.39 is 0 Å². The van der Waals surface area contributed by atoms with E-state index in [-0.39, 0.29) is 17.9 Å². The predicted octanol–water partition coefficient (Wildman–Crippen LogP) is 3.12. The second-order valence-corrected chi connectivity index (χ2v) is 8.34. The molecule has 6 nitrogen and oxygen atoms in total. The van der Waals surface area contributed by atoms with Crippen LogP contribution in [-0.4, -0.2) is 60.1 Å². The van der Waals surface area contributed by atoms with Gasteiger partial charge in [-0.25, -0.2) is 0 Å². The Balaban J connectivity index is 1.44. The molecule has 2 fully saturated rings. The van der Waals surface area contributed by atoms with Crippen LogP contribution in [0.5, 0.6) is 5.75 Å². The number of carbonyl (C=O) groups excluding carboxylic acids is 1. The van der Waals surface area contributed by atoms with Gasteiger partial charge in [0, 0.05) is 25.1 Å². The van der Waals surface area contributed by atoms with Gasteiger partial charge in [-0.2, -0.15) is 0 Å². The van der Waals surface area contributed by atoms with E-state index in [0.717, 1.165) is 56.0 Å². The molecule has 2 aromatic rings. The molecule has 2 aliphatic rings. The predicted molar refractivity (Wildman–Crippen MR) is 115 cm³/mol. The smallest absolute Gasteiger partial charge is 0.226 e. The molecule has 6 heteroatoms. The lowest BCUT2D eigenvalue weighted by atomic mass is 9.95. The first kappa shape index (κ1) is 20.8. The summed E-state index contributed by atoms with van der Waals surface area (Å²) in [6.45, 7) is 4.49. The number of benzene rings is 1. The third-order valence-corrected chi connectivity index (χ3v) is 5.95. The summed E-state index contributed by atoms with van der Waals surface area (Å²) in [4.78, 5) is 22.0. The Morgan fingerprint density at radius 3 is 2.60 bits per heavy atom. The summed E-state index contributed by atoms with van der Waals surface area (Å²) >= 11 is 0. The van der Waals surface area contributed by atoms with Crippen LogP contribution < -0.4 is 4.74 Å². The van der Waals surface area contributed by atoms with Crippen molar-refractivity contribution in [2.45, 2.75) is 38.5 Å². The van der Waals surface area contributed by atoms with Crippen molar-refractivity contribution >= 4 is 5.91 Å². The zero-order valence-corrected chi connectivity index (χ0v) is 17.7. The number of amides is 1. The van der Waals surface area contributed by atoms with E-state index in [9.17, 15) is 4.79 Å². The number of hydrogen-bond acceptors (Lipinski definition) is 5. The number of piperidine rings is 1. The molecule has 0 spiro atoms. The lowest BCUT2D eigenvalue weighted by Crippen LogP contribution is -2.41. The molecule has 1 amide bonds. The van der Waals surface area contributed by atoms with E-state index in [0.29, 0.717) is 19.7 Å². The second-order valence-electron chi connectivity index (χ2n) is 8.34. The monoisotopic (exact) mass is 409 g/mol. The second kappa shape index (κ2) is 10.0. The Labute approximate surface area is 178 Å². The minimum absolute atomic E-state index is 0.0925. The van der Waals surface area contributed by atoms with Crippen LogP contribution >= 0.6 is 0 Å². The summed E-state index contributed by atoms with van der Waals surface area (Å²) in [5, 5.41) is 0. The zero-order chi connectivity index (χ0) is 20.8. The van der Waals surface area contributed by atoms with Gasteiger partial charge in [0.05, 0.1) is 25.5 Å². The topological polar surface area (TPSA) is 54.9 Å². The maximum atomic E-state index is 13.4. The lowest BCUT2D eigenvalue weighted by molar-refractivity contribution is -0.138. The van der Waals surface area contributed by atoms with E-state index in [1.54, 1.807) is 6.20 Å². The zero-order valence-electron chi connectivity index (χ0n) is 17.7. The number of ether oxygens (including phenoxy) is 2. The highest BCUT2D eigenvalue weighted by Gasteiger charge is 2.28. The third kappa shape index (κ3) is 5.58. The van der Waals surface area contributed by atoms with Crippen LogP contribution in [-0.2, 0) is 22.6 Å². The van der Waals surface area contributed by atoms with Crippen LogP contribution in [0.2, 0.25) is 0 Å². The molecule has 0 saturated carbocycles. The van der Waals surface area contributed by atoms with Crippen molar-refractivity contribution in [1.82, 2.24) is 14.8 Å². The molecular weight excluding hydrogens is 378 g/mol. The SMILES string of the molecule is CN1CCC(C(=O)N(Cc2ccc(O[C@@H]3CCOC3)cc2)Cc2ccccn2)CC1. The maximum Gasteiger partial charge on any atom is 0.226 e. The number of aromatic nitrogens is 1. The van der Waals surface area contributed by atoms with Gasteiger partial charge in [-0.1, -0.05) is 18.2 Å². The molecule has 0 N–H and O–H groups in total. The average molecular weight is 410 g/mol. The van der Waals surface area contributed by atoms with Crippen molar-refractivity contribution in [1.29, 1.82) is 0 Å². The molecule has 160 valence electrons. The molecule has 2 saturated heterocycles. The first-order chi connectivity index (χ1) is 14.7. The van der Waals surface area contributed by atoms with Crippen LogP contribution in [0.3, 0.4) is 0 Å². The van der Waals surface area contributed by atoms with Gasteiger partial charge in [0.1, 0.15) is 11.9 Å². The highest BCUT2D eigenvalue weighted by atomic mass is 16.5. The van der Waals surface area contributed by atoms with Gasteiger partial charge in [-0.15, -0.1) is 0 Å². The summed E-state index contributed by atoms with van der Waals surface area (Å²) < 4.78 is 11.3. The molecule has 1 atom stereocenters. The summed E-state index contributed by atoms with van der Waals surface area (Å²) in [5.74, 6) is 1.18. The Bertz CT molecular complexity index is 798. The molecule has 3 heterocycles. The Morgan fingerprint density at radius 1 is 1.13 bits per heavy atom. The van der Waals surface area contributed by atoms with Crippen LogP contribution in [0.4, 0.5) is 0 Å². The number of pyridine rings is 1. The molecule has 0 unspecified atom stereocenters. The third-order valence-electron chi connectivity index (χ3n) is 5.95. The normalized spacial score (nSPS) is 20.2. The van der Waals surface area contributed by atoms with Crippen LogP contribution in [0.25, 0.3) is 0 Å². The van der Waals surface area contributed by atoms with Gasteiger partial charge < -0.3 is 19.3 Å². The molecule has 2 aliphatic heterocycles. The number of hydrogen-bond donors (Lipinski definition) is 0. The first-order valence-corrected chi connectivity index (χ1v) is 10.9. The van der Waals surface area contributed by atoms with Gasteiger partial charge in [0.25, 0.3) is 0 Å². The molecule has 0 radical (unpaired) electrons. The Hall–Kier alpha value is -2.44. The summed E-state index contributed by atoms with van der Waals surface area (Å²) in [6, 6.07) is 14.0. The van der Waals surface area contributed by atoms with Crippen molar-refractivity contribution in [2.75, 3.05) is 33.4 Å². The molecule has 0 aliphatic carbocycles. The van der Waals surface area contributed by atoms with Gasteiger partial charge in [0.2, 0.25) is 5.91 Å². The maximum absolute atomic E-state index is 13.4. The number of carbonyl (C=O) groups is 1. The van der Waals surface area contributed by atoms with E-state index in [2.05, 4.69) is 29.1 Å². The number of rotatable bonds is 7. The molecule has 1 aromatic carbocycles. The van der Waals surface area contributed by atoms with Gasteiger partial charge in [-0.3, -0.25) is 9.78 Å². The van der Waals surface area contributed by atoms with E-state index in [1.165, 1.54) is 0 Å². The highest BCUT2D eigenvalue weighted by molar-refractivity contribution is 5.79. The van der Waals surface area contributed by atoms with Crippen molar-refractivity contribution in [3.63, 3.8) is 0 Å². The minimum Gasteiger partial charge on any atom is -0.488 e. The van der Waals surface area contributed by atoms with E-state index >= 15 is 0 Å². The Kier molecular flexibility index (Phi) is 6.97. The fourth-order valence-corrected chi connectivity index (χ4v) is 4.10. The summed E-state index contributed by atoms with van der Waals surface area (Å²) in [6.07, 6.45) is 4.70. The van der Waals surface area contributed by atoms with Crippen molar-refractivity contribution in [3.8, 4) is 5.75 Å². The molecule has 30 heavy (non-hydrogen) atoms. The standard InChI is InChI=1S/C24H31N3O3/c1-26-13-9-20(10-14-26)24(28)27(17-21-4-2-3-12-25-21)16-19-5-7-22(8-6-19)30-23-11-15-29-18-23/h2-8,12,20,23H,9-11,13-18H2,1H3/t23-/m1/s1. The summed E-state index contributed by atoms with van der Waals surface area (Å²) in [5.41, 5.74) is 2.02. The van der Waals surface area contributed by atoms with Crippen molar-refractivity contribution < 1.29 is 14.3 Å². The van der Waals surface area contributed by atoms with Crippen LogP contribution in [0.15, 0.2) is 48.7 Å². The lowest BCUT2D eigenvalue weighted by Gasteiger charge is -2.32. The van der Waals surface area contributed by atoms with Gasteiger partial charge in [0.15, 0.2) is 0 Å². The van der Waals surface area contributed by atoms with Crippen LogP contribution in [0.1, 0.15) is 30.5 Å². The summed E-state index contributed by atoms with van der Waals surface area (Å²) in [7, 11) is 2.12. The van der Waals surface area contributed by atoms with E-state index in [1.807, 2.05) is 35.2 Å². The number of likely N-dealkylation sites (tertiary alicyclic amines) is 1. The molecule has 4 rings (SSSR count). The number of nitrogens with zero attached hydrogens (tertiary/aromatic N) is 3. The Morgan fingerprint density at radius 2 is 1.93 bits per heavy atom. The van der Waals surface area contributed by atoms with Crippen LogP contribution in [0, 0.1) is 5.92 Å². The molecular formula is C24H31N3O3. The quantitative estimate of drug-likeness (QED) is 0.703. The fraction of sp³-hybridized carbons (Fsp3) is 0.500. The van der Waals surface area contributed by atoms with Gasteiger partial charge in [-0.05, 0) is 62.8 Å². The largest absolute Gasteiger partial charge is 0.488 e. The van der Waals surface area contributed by atoms with Crippen molar-refractivity contribution in [2.24, 2.45) is 5.92 Å². The molecule has 0 bridgehead atoms. The van der Waals surface area contributed by atoms with Gasteiger partial charge >= 0.3 is 0 Å². The van der Waals surface area contributed by atoms with Crippen molar-refractivity contribution in [3.05, 3.63) is 59.9 Å². The average Bonchev–Trinajstić information content (AvgIpc) is 3.28. The first-order valence-electron chi connectivity index (χ1n) is 10.9. The fourth-order valence-electron chi connectivity index (χ4n) is 4.10. The van der Waals surface area contributed by atoms with E-state index in [4.69, 9.17) is 9.47 Å². The minimum atomic E-state index is 0.0925.